The van der Waals surface area contributed by atoms with E-state index in [1.54, 1.807) is 19.1 Å². The first-order chi connectivity index (χ1) is 18.4. The van der Waals surface area contributed by atoms with Crippen molar-refractivity contribution >= 4 is 29.0 Å². The zero-order valence-electron chi connectivity index (χ0n) is 22.4. The highest BCUT2D eigenvalue weighted by molar-refractivity contribution is 7.12. The molecule has 0 saturated carbocycles. The Hall–Kier alpha value is -3.66. The second-order valence-electron chi connectivity index (χ2n) is 9.24. The highest BCUT2D eigenvalue weighted by Crippen LogP contribution is 2.31. The van der Waals surface area contributed by atoms with Crippen molar-refractivity contribution in [1.29, 1.82) is 0 Å². The van der Waals surface area contributed by atoms with E-state index in [-0.39, 0.29) is 24.4 Å². The van der Waals surface area contributed by atoms with Crippen LogP contribution in [0.15, 0.2) is 47.8 Å². The first-order valence-corrected chi connectivity index (χ1v) is 13.8. The van der Waals surface area contributed by atoms with Crippen LogP contribution in [-0.2, 0) is 4.79 Å². The van der Waals surface area contributed by atoms with Crippen molar-refractivity contribution in [2.24, 2.45) is 0 Å². The van der Waals surface area contributed by atoms with Gasteiger partial charge in [-0.15, -0.1) is 21.5 Å². The van der Waals surface area contributed by atoms with Crippen molar-refractivity contribution in [1.82, 2.24) is 20.0 Å². The van der Waals surface area contributed by atoms with Gasteiger partial charge in [-0.1, -0.05) is 13.0 Å². The number of methoxy groups -OCH3 is 2. The number of amides is 2. The van der Waals surface area contributed by atoms with E-state index in [0.717, 1.165) is 36.5 Å². The Kier molecular flexibility index (Phi) is 9.17. The van der Waals surface area contributed by atoms with Crippen LogP contribution in [0.2, 0.25) is 0 Å². The first-order valence-electron chi connectivity index (χ1n) is 12.9. The predicted molar refractivity (Wildman–Crippen MR) is 149 cm³/mol. The minimum absolute atomic E-state index is 0.0171. The Labute approximate surface area is 228 Å². The molecule has 2 amide bonds. The van der Waals surface area contributed by atoms with Crippen molar-refractivity contribution in [3.63, 3.8) is 0 Å². The van der Waals surface area contributed by atoms with Gasteiger partial charge in [0.15, 0.2) is 17.3 Å². The molecule has 9 nitrogen and oxygen atoms in total. The number of rotatable bonds is 9. The Morgan fingerprint density at radius 2 is 1.84 bits per heavy atom. The number of benzene rings is 1. The van der Waals surface area contributed by atoms with Gasteiger partial charge in [0.1, 0.15) is 6.54 Å². The Balaban J connectivity index is 1.39. The molecule has 1 unspecified atom stereocenters. The monoisotopic (exact) mass is 537 g/mol. The van der Waals surface area contributed by atoms with Crippen molar-refractivity contribution in [2.75, 3.05) is 51.8 Å². The molecule has 3 aromatic rings. The summed E-state index contributed by atoms with van der Waals surface area (Å²) < 4.78 is 10.7. The molecule has 1 saturated heterocycles. The molecule has 1 aliphatic rings. The number of thiophene rings is 1. The van der Waals surface area contributed by atoms with E-state index in [2.05, 4.69) is 15.1 Å². The molecule has 202 valence electrons. The van der Waals surface area contributed by atoms with Gasteiger partial charge >= 0.3 is 0 Å². The zero-order chi connectivity index (χ0) is 27.1. The molecule has 4 rings (SSSR count). The molecule has 0 aliphatic carbocycles. The maximum atomic E-state index is 13.3. The van der Waals surface area contributed by atoms with Crippen LogP contribution < -0.4 is 14.4 Å². The van der Waals surface area contributed by atoms with Crippen molar-refractivity contribution in [2.45, 2.75) is 32.7 Å². The van der Waals surface area contributed by atoms with Crippen LogP contribution in [0.5, 0.6) is 11.5 Å². The Bertz CT molecular complexity index is 1220. The van der Waals surface area contributed by atoms with Gasteiger partial charge in [0.25, 0.3) is 5.91 Å². The Morgan fingerprint density at radius 3 is 2.50 bits per heavy atom. The average Bonchev–Trinajstić information content (AvgIpc) is 3.39. The predicted octanol–water partition coefficient (Wildman–Crippen LogP) is 4.20. The molecule has 2 aromatic heterocycles. The topological polar surface area (TPSA) is 88.1 Å². The van der Waals surface area contributed by atoms with Crippen LogP contribution in [0.3, 0.4) is 0 Å². The summed E-state index contributed by atoms with van der Waals surface area (Å²) in [4.78, 5) is 32.7. The minimum Gasteiger partial charge on any atom is -0.493 e. The molecule has 0 N–H and O–H groups in total. The number of ether oxygens (including phenoxy) is 2. The maximum absolute atomic E-state index is 13.3. The third-order valence-electron chi connectivity index (χ3n) is 6.92. The average molecular weight is 538 g/mol. The van der Waals surface area contributed by atoms with Gasteiger partial charge in [-0.25, -0.2) is 0 Å². The van der Waals surface area contributed by atoms with E-state index in [0.29, 0.717) is 36.0 Å². The first kappa shape index (κ1) is 27.4. The zero-order valence-corrected chi connectivity index (χ0v) is 23.2. The SMILES string of the molecule is CCC(C)N(CC(=O)N1CCCN(c2ccc(-c3ccc(OC)c(OC)c3)nn2)CC1)C(=O)c1cccs1. The normalized spacial score (nSPS) is 14.5. The van der Waals surface area contributed by atoms with E-state index >= 15 is 0 Å². The lowest BCUT2D eigenvalue weighted by molar-refractivity contribution is -0.132. The molecule has 1 aliphatic heterocycles. The number of hydrogen-bond acceptors (Lipinski definition) is 8. The molecule has 10 heteroatoms. The number of carbonyl (C=O) groups is 2. The van der Waals surface area contributed by atoms with Gasteiger partial charge < -0.3 is 24.2 Å². The summed E-state index contributed by atoms with van der Waals surface area (Å²) >= 11 is 1.41. The summed E-state index contributed by atoms with van der Waals surface area (Å²) in [5, 5.41) is 10.8. The van der Waals surface area contributed by atoms with Crippen molar-refractivity contribution in [3.05, 3.63) is 52.7 Å². The molecule has 0 spiro atoms. The molecule has 1 atom stereocenters. The van der Waals surface area contributed by atoms with E-state index in [1.807, 2.05) is 66.6 Å². The van der Waals surface area contributed by atoms with Gasteiger partial charge in [0, 0.05) is 37.8 Å². The van der Waals surface area contributed by atoms with Crippen molar-refractivity contribution < 1.29 is 19.1 Å². The number of hydrogen-bond donors (Lipinski definition) is 0. The van der Waals surface area contributed by atoms with E-state index in [1.165, 1.54) is 11.3 Å². The van der Waals surface area contributed by atoms with Gasteiger partial charge in [-0.2, -0.15) is 0 Å². The van der Waals surface area contributed by atoms with Crippen LogP contribution in [0, 0.1) is 0 Å². The summed E-state index contributed by atoms with van der Waals surface area (Å²) in [5.74, 6) is 1.97. The van der Waals surface area contributed by atoms with Crippen LogP contribution in [0.1, 0.15) is 36.4 Å². The van der Waals surface area contributed by atoms with Crippen molar-refractivity contribution in [3.8, 4) is 22.8 Å². The highest BCUT2D eigenvalue weighted by Gasteiger charge is 2.27. The van der Waals surface area contributed by atoms with Gasteiger partial charge in [-0.05, 0) is 61.5 Å². The fourth-order valence-corrected chi connectivity index (χ4v) is 5.15. The van der Waals surface area contributed by atoms with Gasteiger partial charge in [-0.3, -0.25) is 9.59 Å². The van der Waals surface area contributed by atoms with E-state index in [4.69, 9.17) is 9.47 Å². The molecule has 3 heterocycles. The molecule has 38 heavy (non-hydrogen) atoms. The van der Waals surface area contributed by atoms with Crippen LogP contribution in [-0.4, -0.2) is 84.8 Å². The second kappa shape index (κ2) is 12.7. The molecule has 1 fully saturated rings. The lowest BCUT2D eigenvalue weighted by Crippen LogP contribution is -2.47. The van der Waals surface area contributed by atoms with Gasteiger partial charge in [0.05, 0.1) is 24.8 Å². The maximum Gasteiger partial charge on any atom is 0.264 e. The summed E-state index contributed by atoms with van der Waals surface area (Å²) in [5.41, 5.74) is 1.62. The summed E-state index contributed by atoms with van der Waals surface area (Å²) in [6.45, 7) is 6.76. The summed E-state index contributed by atoms with van der Waals surface area (Å²) in [6.07, 6.45) is 1.60. The molecular weight excluding hydrogens is 502 g/mol. The summed E-state index contributed by atoms with van der Waals surface area (Å²) in [7, 11) is 3.21. The lowest BCUT2D eigenvalue weighted by Gasteiger charge is -2.30. The minimum atomic E-state index is -0.0796. The molecule has 0 bridgehead atoms. The molecular formula is C28H35N5O4S. The number of carbonyl (C=O) groups excluding carboxylic acids is 2. The standard InChI is InChI=1S/C28H35N5O4S/c1-5-20(2)33(28(35)25-8-6-17-38-25)19-27(34)32-14-7-13-31(15-16-32)26-12-10-22(29-30-26)21-9-11-23(36-3)24(18-21)37-4/h6,8-12,17-18,20H,5,7,13-16,19H2,1-4H3. The fraction of sp³-hybridized carbons (Fsp3) is 0.429. The third kappa shape index (κ3) is 6.24. The van der Waals surface area contributed by atoms with E-state index < -0.39 is 0 Å². The quantitative estimate of drug-likeness (QED) is 0.404. The smallest absolute Gasteiger partial charge is 0.264 e. The highest BCUT2D eigenvalue weighted by atomic mass is 32.1. The Morgan fingerprint density at radius 1 is 1.03 bits per heavy atom. The number of nitrogens with zero attached hydrogens (tertiary/aromatic N) is 5. The van der Waals surface area contributed by atoms with Crippen LogP contribution in [0.4, 0.5) is 5.82 Å². The van der Waals surface area contributed by atoms with Gasteiger partial charge in [0.2, 0.25) is 5.91 Å². The lowest BCUT2D eigenvalue weighted by atomic mass is 10.1. The number of aromatic nitrogens is 2. The fourth-order valence-electron chi connectivity index (χ4n) is 4.48. The van der Waals surface area contributed by atoms with Crippen LogP contribution >= 0.6 is 11.3 Å². The number of anilines is 1. The third-order valence-corrected chi connectivity index (χ3v) is 7.78. The van der Waals surface area contributed by atoms with Crippen LogP contribution in [0.25, 0.3) is 11.3 Å². The summed E-state index contributed by atoms with van der Waals surface area (Å²) in [6, 6.07) is 13.2. The largest absolute Gasteiger partial charge is 0.493 e. The molecule has 0 radical (unpaired) electrons. The second-order valence-corrected chi connectivity index (χ2v) is 10.2. The van der Waals surface area contributed by atoms with E-state index in [9.17, 15) is 9.59 Å². The molecule has 1 aromatic carbocycles.